The molecule has 1 unspecified atom stereocenters. The lowest BCUT2D eigenvalue weighted by Crippen LogP contribution is -2.05. The number of furan rings is 1. The molecule has 2 rings (SSSR count). The Kier molecular flexibility index (Phi) is 4.19. The Morgan fingerprint density at radius 3 is 2.50 bits per heavy atom. The highest BCUT2D eigenvalue weighted by atomic mass is 79.9. The Hall–Kier alpha value is -0.720. The standard InChI is InChI=1S/C12H8Br2F2O2/c13-7-1-2-8(15)6(12(7)16)5-9(17)10-3-4-11(14)18-10/h1-4,9,17H,5H2. The van der Waals surface area contributed by atoms with Gasteiger partial charge in [-0.2, -0.15) is 0 Å². The molecule has 96 valence electrons. The topological polar surface area (TPSA) is 33.4 Å². The van der Waals surface area contributed by atoms with Gasteiger partial charge < -0.3 is 9.52 Å². The molecular weight excluding hydrogens is 374 g/mol. The summed E-state index contributed by atoms with van der Waals surface area (Å²) in [5.74, 6) is -1.15. The second-order valence-corrected chi connectivity index (χ2v) is 5.32. The average Bonchev–Trinajstić information content (AvgIpc) is 2.76. The maximum Gasteiger partial charge on any atom is 0.169 e. The molecule has 0 radical (unpaired) electrons. The van der Waals surface area contributed by atoms with Crippen molar-refractivity contribution in [1.29, 1.82) is 0 Å². The Bertz CT molecular complexity index is 569. The van der Waals surface area contributed by atoms with Crippen molar-refractivity contribution in [3.63, 3.8) is 0 Å². The molecule has 2 nitrogen and oxygen atoms in total. The minimum Gasteiger partial charge on any atom is -0.452 e. The smallest absolute Gasteiger partial charge is 0.169 e. The third-order valence-corrected chi connectivity index (χ3v) is 3.50. The molecule has 0 saturated heterocycles. The molecule has 1 atom stereocenters. The predicted molar refractivity (Wildman–Crippen MR) is 69.1 cm³/mol. The Morgan fingerprint density at radius 1 is 1.17 bits per heavy atom. The Labute approximate surface area is 119 Å². The van der Waals surface area contributed by atoms with Crippen LogP contribution in [0.3, 0.4) is 0 Å². The van der Waals surface area contributed by atoms with Crippen LogP contribution in [0.25, 0.3) is 0 Å². The van der Waals surface area contributed by atoms with Gasteiger partial charge in [-0.15, -0.1) is 0 Å². The predicted octanol–water partition coefficient (Wildman–Crippen LogP) is 4.36. The lowest BCUT2D eigenvalue weighted by atomic mass is 10.1. The normalized spacial score (nSPS) is 12.7. The zero-order valence-electron chi connectivity index (χ0n) is 8.96. The number of rotatable bonds is 3. The highest BCUT2D eigenvalue weighted by Gasteiger charge is 2.19. The third kappa shape index (κ3) is 2.81. The molecule has 2 aromatic rings. The van der Waals surface area contributed by atoms with Crippen molar-refractivity contribution in [3.05, 3.63) is 56.4 Å². The van der Waals surface area contributed by atoms with E-state index in [2.05, 4.69) is 31.9 Å². The monoisotopic (exact) mass is 380 g/mol. The van der Waals surface area contributed by atoms with Gasteiger partial charge in [0.15, 0.2) is 4.67 Å². The van der Waals surface area contributed by atoms with Gasteiger partial charge in [-0.3, -0.25) is 0 Å². The van der Waals surface area contributed by atoms with Gasteiger partial charge in [-0.05, 0) is 56.1 Å². The molecule has 0 saturated carbocycles. The van der Waals surface area contributed by atoms with E-state index in [9.17, 15) is 13.9 Å². The van der Waals surface area contributed by atoms with Gasteiger partial charge in [-0.1, -0.05) is 0 Å². The highest BCUT2D eigenvalue weighted by Crippen LogP contribution is 2.28. The fraction of sp³-hybridized carbons (Fsp3) is 0.167. The number of aliphatic hydroxyl groups is 1. The van der Waals surface area contributed by atoms with Crippen LogP contribution in [0, 0.1) is 11.6 Å². The van der Waals surface area contributed by atoms with Gasteiger partial charge in [0.1, 0.15) is 23.5 Å². The van der Waals surface area contributed by atoms with E-state index in [1.807, 2.05) is 0 Å². The van der Waals surface area contributed by atoms with Crippen molar-refractivity contribution in [2.45, 2.75) is 12.5 Å². The Balaban J connectivity index is 2.27. The molecule has 1 aromatic heterocycles. The van der Waals surface area contributed by atoms with E-state index in [0.717, 1.165) is 6.07 Å². The minimum absolute atomic E-state index is 0.159. The van der Waals surface area contributed by atoms with Crippen molar-refractivity contribution < 1.29 is 18.3 Å². The van der Waals surface area contributed by atoms with Crippen molar-refractivity contribution >= 4 is 31.9 Å². The van der Waals surface area contributed by atoms with Gasteiger partial charge in [0, 0.05) is 12.0 Å². The summed E-state index contributed by atoms with van der Waals surface area (Å²) in [4.78, 5) is 0. The number of aliphatic hydroxyl groups excluding tert-OH is 1. The molecule has 1 N–H and O–H groups in total. The maximum absolute atomic E-state index is 13.7. The SMILES string of the molecule is OC(Cc1c(F)ccc(Br)c1F)c1ccc(Br)o1. The quantitative estimate of drug-likeness (QED) is 0.801. The van der Waals surface area contributed by atoms with E-state index in [-0.39, 0.29) is 22.2 Å². The van der Waals surface area contributed by atoms with Crippen LogP contribution in [0.5, 0.6) is 0 Å². The van der Waals surface area contributed by atoms with Crippen LogP contribution in [0.4, 0.5) is 8.78 Å². The molecule has 0 fully saturated rings. The number of benzene rings is 1. The van der Waals surface area contributed by atoms with E-state index in [1.165, 1.54) is 6.07 Å². The van der Waals surface area contributed by atoms with Gasteiger partial charge in [0.25, 0.3) is 0 Å². The zero-order valence-corrected chi connectivity index (χ0v) is 12.1. The molecule has 0 spiro atoms. The van der Waals surface area contributed by atoms with Gasteiger partial charge in [0.2, 0.25) is 0 Å². The van der Waals surface area contributed by atoms with Crippen LogP contribution >= 0.6 is 31.9 Å². The second-order valence-electron chi connectivity index (χ2n) is 3.68. The van der Waals surface area contributed by atoms with Gasteiger partial charge in [0.05, 0.1) is 4.47 Å². The summed E-state index contributed by atoms with van der Waals surface area (Å²) in [6.45, 7) is 0. The third-order valence-electron chi connectivity index (χ3n) is 2.46. The summed E-state index contributed by atoms with van der Waals surface area (Å²) in [6.07, 6.45) is -1.30. The van der Waals surface area contributed by atoms with Crippen molar-refractivity contribution in [1.82, 2.24) is 0 Å². The van der Waals surface area contributed by atoms with E-state index >= 15 is 0 Å². The summed E-state index contributed by atoms with van der Waals surface area (Å²) in [7, 11) is 0. The molecule has 18 heavy (non-hydrogen) atoms. The molecule has 0 bridgehead atoms. The molecule has 1 heterocycles. The first-order valence-corrected chi connectivity index (χ1v) is 6.63. The molecule has 1 aromatic carbocycles. The van der Waals surface area contributed by atoms with Gasteiger partial charge in [-0.25, -0.2) is 8.78 Å². The first kappa shape index (κ1) is 13.7. The van der Waals surface area contributed by atoms with Crippen LogP contribution in [0.1, 0.15) is 17.4 Å². The first-order chi connectivity index (χ1) is 8.49. The zero-order chi connectivity index (χ0) is 13.3. The number of hydrogen-bond donors (Lipinski definition) is 1. The van der Waals surface area contributed by atoms with E-state index in [0.29, 0.717) is 4.67 Å². The molecule has 0 aliphatic heterocycles. The van der Waals surface area contributed by atoms with Crippen LogP contribution in [0.2, 0.25) is 0 Å². The largest absolute Gasteiger partial charge is 0.452 e. The fourth-order valence-electron chi connectivity index (χ4n) is 1.56. The summed E-state index contributed by atoms with van der Waals surface area (Å²) in [5.41, 5.74) is -0.176. The fourth-order valence-corrected chi connectivity index (χ4v) is 2.25. The van der Waals surface area contributed by atoms with Crippen molar-refractivity contribution in [3.8, 4) is 0 Å². The van der Waals surface area contributed by atoms with Crippen LogP contribution in [0.15, 0.2) is 37.8 Å². The summed E-state index contributed by atoms with van der Waals surface area (Å²) in [5, 5.41) is 9.86. The summed E-state index contributed by atoms with van der Waals surface area (Å²) >= 11 is 6.07. The van der Waals surface area contributed by atoms with Crippen LogP contribution in [-0.2, 0) is 6.42 Å². The molecule has 0 aliphatic carbocycles. The highest BCUT2D eigenvalue weighted by molar-refractivity contribution is 9.10. The van der Waals surface area contributed by atoms with E-state index in [1.54, 1.807) is 12.1 Å². The van der Waals surface area contributed by atoms with Crippen molar-refractivity contribution in [2.24, 2.45) is 0 Å². The lowest BCUT2D eigenvalue weighted by Gasteiger charge is -2.10. The minimum atomic E-state index is -1.10. The molecular formula is C12H8Br2F2O2. The summed E-state index contributed by atoms with van der Waals surface area (Å²) < 4.78 is 33.0. The van der Waals surface area contributed by atoms with Crippen LogP contribution in [-0.4, -0.2) is 5.11 Å². The van der Waals surface area contributed by atoms with E-state index in [4.69, 9.17) is 4.42 Å². The van der Waals surface area contributed by atoms with Crippen molar-refractivity contribution in [2.75, 3.05) is 0 Å². The number of hydrogen-bond acceptors (Lipinski definition) is 2. The van der Waals surface area contributed by atoms with Crippen LogP contribution < -0.4 is 0 Å². The second kappa shape index (κ2) is 5.50. The molecule has 0 aliphatic rings. The molecule has 6 heteroatoms. The molecule has 0 amide bonds. The van der Waals surface area contributed by atoms with E-state index < -0.39 is 17.7 Å². The number of halogens is 4. The lowest BCUT2D eigenvalue weighted by molar-refractivity contribution is 0.146. The maximum atomic E-state index is 13.7. The van der Waals surface area contributed by atoms with Gasteiger partial charge >= 0.3 is 0 Å². The Morgan fingerprint density at radius 2 is 1.89 bits per heavy atom. The summed E-state index contributed by atoms with van der Waals surface area (Å²) in [6, 6.07) is 5.58. The first-order valence-electron chi connectivity index (χ1n) is 5.04. The average molecular weight is 382 g/mol.